The van der Waals surface area contributed by atoms with Crippen LogP contribution in [0.4, 0.5) is 9.59 Å². The summed E-state index contributed by atoms with van der Waals surface area (Å²) in [6.07, 6.45) is -0.722. The summed E-state index contributed by atoms with van der Waals surface area (Å²) in [4.78, 5) is 27.5. The number of pyridine rings is 1. The minimum Gasteiger partial charge on any atom is -0.497 e. The molecular formula is C21H17NO8. The predicted octanol–water partition coefficient (Wildman–Crippen LogP) is 4.25. The average Bonchev–Trinajstić information content (AvgIpc) is 2.76. The molecule has 0 aliphatic heterocycles. The van der Waals surface area contributed by atoms with Crippen LogP contribution in [0.1, 0.15) is 0 Å². The van der Waals surface area contributed by atoms with Gasteiger partial charge in [0.05, 0.1) is 20.4 Å². The molecule has 154 valence electrons. The van der Waals surface area contributed by atoms with Crippen molar-refractivity contribution in [2.24, 2.45) is 0 Å². The number of nitrogens with zero attached hydrogens (tertiary/aromatic N) is 1. The van der Waals surface area contributed by atoms with E-state index in [9.17, 15) is 9.59 Å². The van der Waals surface area contributed by atoms with Crippen LogP contribution in [0, 0.1) is 0 Å². The smallest absolute Gasteiger partial charge is 0.497 e. The molecule has 2 aromatic carbocycles. The molecule has 0 radical (unpaired) electrons. The Balaban J connectivity index is 1.49. The van der Waals surface area contributed by atoms with Gasteiger partial charge in [-0.3, -0.25) is 0 Å². The van der Waals surface area contributed by atoms with Crippen LogP contribution in [0.2, 0.25) is 0 Å². The van der Waals surface area contributed by atoms with Crippen LogP contribution in [0.25, 0.3) is 0 Å². The maximum atomic E-state index is 11.8. The maximum absolute atomic E-state index is 11.8. The molecule has 3 rings (SSSR count). The minimum atomic E-state index is -0.972. The zero-order valence-electron chi connectivity index (χ0n) is 16.1. The van der Waals surface area contributed by atoms with Gasteiger partial charge in [-0.15, -0.1) is 0 Å². The summed E-state index contributed by atoms with van der Waals surface area (Å²) in [7, 11) is 3.06. The maximum Gasteiger partial charge on any atom is 0.520 e. The molecule has 0 saturated carbocycles. The van der Waals surface area contributed by atoms with Crippen molar-refractivity contribution in [3.8, 4) is 34.6 Å². The fraction of sp³-hybridized carbons (Fsp3) is 0.0952. The second kappa shape index (κ2) is 9.78. The number of hydrogen-bond donors (Lipinski definition) is 0. The molecule has 9 nitrogen and oxygen atoms in total. The Kier molecular flexibility index (Phi) is 6.67. The molecule has 0 fully saturated rings. The van der Waals surface area contributed by atoms with E-state index in [1.54, 1.807) is 48.5 Å². The van der Waals surface area contributed by atoms with E-state index in [-0.39, 0.29) is 23.1 Å². The lowest BCUT2D eigenvalue weighted by Crippen LogP contribution is -2.15. The zero-order valence-corrected chi connectivity index (χ0v) is 16.1. The van der Waals surface area contributed by atoms with Gasteiger partial charge in [0.1, 0.15) is 23.0 Å². The molecule has 0 atom stereocenters. The topological polar surface area (TPSA) is 102 Å². The van der Waals surface area contributed by atoms with Crippen molar-refractivity contribution in [3.05, 3.63) is 66.9 Å². The van der Waals surface area contributed by atoms with Crippen LogP contribution in [0.15, 0.2) is 66.9 Å². The van der Waals surface area contributed by atoms with Gasteiger partial charge in [-0.25, -0.2) is 14.6 Å². The van der Waals surface area contributed by atoms with Gasteiger partial charge in [-0.2, -0.15) is 0 Å². The van der Waals surface area contributed by atoms with E-state index < -0.39 is 12.3 Å². The van der Waals surface area contributed by atoms with Crippen molar-refractivity contribution in [2.45, 2.75) is 0 Å². The highest BCUT2D eigenvalue weighted by Gasteiger charge is 2.12. The number of methoxy groups -OCH3 is 2. The summed E-state index contributed by atoms with van der Waals surface area (Å²) in [5.74, 6) is 1.88. The molecule has 1 aromatic heterocycles. The Labute approximate surface area is 171 Å². The third-order valence-corrected chi connectivity index (χ3v) is 3.62. The Morgan fingerprint density at radius 3 is 1.40 bits per heavy atom. The van der Waals surface area contributed by atoms with Crippen molar-refractivity contribution in [3.63, 3.8) is 0 Å². The molecule has 0 N–H and O–H groups in total. The summed E-state index contributed by atoms with van der Waals surface area (Å²) in [5.41, 5.74) is 0. The Morgan fingerprint density at radius 1 is 0.567 bits per heavy atom. The molecule has 0 amide bonds. The molecule has 0 unspecified atom stereocenters. The molecule has 30 heavy (non-hydrogen) atoms. The van der Waals surface area contributed by atoms with Gasteiger partial charge in [0, 0.05) is 6.07 Å². The van der Waals surface area contributed by atoms with Crippen molar-refractivity contribution < 1.29 is 38.0 Å². The first kappa shape index (κ1) is 20.5. The molecule has 0 aliphatic rings. The van der Waals surface area contributed by atoms with Crippen LogP contribution in [-0.4, -0.2) is 31.5 Å². The number of aromatic nitrogens is 1. The highest BCUT2D eigenvalue weighted by atomic mass is 16.7. The molecule has 1 heterocycles. The predicted molar refractivity (Wildman–Crippen MR) is 104 cm³/mol. The largest absolute Gasteiger partial charge is 0.520 e. The lowest BCUT2D eigenvalue weighted by Gasteiger charge is -2.07. The van der Waals surface area contributed by atoms with Crippen molar-refractivity contribution in [2.75, 3.05) is 14.2 Å². The third-order valence-electron chi connectivity index (χ3n) is 3.62. The van der Waals surface area contributed by atoms with E-state index in [2.05, 4.69) is 4.98 Å². The fourth-order valence-corrected chi connectivity index (χ4v) is 2.19. The number of ether oxygens (including phenoxy) is 6. The van der Waals surface area contributed by atoms with E-state index in [1.807, 2.05) is 0 Å². The van der Waals surface area contributed by atoms with Crippen molar-refractivity contribution >= 4 is 12.3 Å². The van der Waals surface area contributed by atoms with Crippen LogP contribution in [0.5, 0.6) is 34.6 Å². The highest BCUT2D eigenvalue weighted by molar-refractivity contribution is 5.68. The molecule has 9 heteroatoms. The van der Waals surface area contributed by atoms with Gasteiger partial charge in [0.2, 0.25) is 5.88 Å². The first-order chi connectivity index (χ1) is 14.6. The third kappa shape index (κ3) is 5.86. The monoisotopic (exact) mass is 411 g/mol. The van der Waals surface area contributed by atoms with Crippen LogP contribution < -0.4 is 28.4 Å². The molecule has 0 spiro atoms. The summed E-state index contributed by atoms with van der Waals surface area (Å²) in [6.45, 7) is 0. The molecule has 3 aromatic rings. The number of rotatable bonds is 6. The van der Waals surface area contributed by atoms with E-state index in [1.165, 1.54) is 32.5 Å². The van der Waals surface area contributed by atoms with Crippen LogP contribution in [0.3, 0.4) is 0 Å². The summed E-state index contributed by atoms with van der Waals surface area (Å²) in [5, 5.41) is 0. The number of hydrogen-bond acceptors (Lipinski definition) is 9. The van der Waals surface area contributed by atoms with Crippen molar-refractivity contribution in [1.29, 1.82) is 0 Å². The molecule has 0 bridgehead atoms. The van der Waals surface area contributed by atoms with E-state index >= 15 is 0 Å². The normalized spacial score (nSPS) is 9.93. The average molecular weight is 411 g/mol. The summed E-state index contributed by atoms with van der Waals surface area (Å²) < 4.78 is 30.1. The Morgan fingerprint density at radius 2 is 0.967 bits per heavy atom. The van der Waals surface area contributed by atoms with Crippen LogP contribution >= 0.6 is 0 Å². The van der Waals surface area contributed by atoms with E-state index in [4.69, 9.17) is 28.4 Å². The minimum absolute atomic E-state index is 0.0376. The van der Waals surface area contributed by atoms with E-state index in [0.29, 0.717) is 11.5 Å². The second-order valence-electron chi connectivity index (χ2n) is 5.59. The lowest BCUT2D eigenvalue weighted by molar-refractivity contribution is 0.147. The number of carbonyl (C=O) groups excluding carboxylic acids is 2. The Hall–Kier alpha value is -4.27. The van der Waals surface area contributed by atoms with Gasteiger partial charge in [0.15, 0.2) is 5.75 Å². The molecular weight excluding hydrogens is 394 g/mol. The van der Waals surface area contributed by atoms with Gasteiger partial charge < -0.3 is 28.4 Å². The quantitative estimate of drug-likeness (QED) is 0.435. The van der Waals surface area contributed by atoms with Gasteiger partial charge in [0.25, 0.3) is 0 Å². The summed E-state index contributed by atoms with van der Waals surface area (Å²) >= 11 is 0. The van der Waals surface area contributed by atoms with Gasteiger partial charge in [-0.05, 0) is 54.6 Å². The van der Waals surface area contributed by atoms with Crippen molar-refractivity contribution in [1.82, 2.24) is 4.98 Å². The first-order valence-corrected chi connectivity index (χ1v) is 8.59. The molecule has 0 aliphatic carbocycles. The fourth-order valence-electron chi connectivity index (χ4n) is 2.19. The van der Waals surface area contributed by atoms with Gasteiger partial charge in [-0.1, -0.05) is 0 Å². The lowest BCUT2D eigenvalue weighted by atomic mass is 10.3. The standard InChI is InChI=1S/C21H17NO8/c1-25-14-3-7-16(8-4-14)27-20(23)29-18-11-12-19(22-13-18)30-21(24)28-17-9-5-15(26-2)6-10-17/h3-13H,1-2H3. The first-order valence-electron chi connectivity index (χ1n) is 8.59. The van der Waals surface area contributed by atoms with Crippen LogP contribution in [-0.2, 0) is 0 Å². The number of carbonyl (C=O) groups is 2. The zero-order chi connectivity index (χ0) is 21.3. The number of benzene rings is 2. The van der Waals surface area contributed by atoms with Gasteiger partial charge >= 0.3 is 12.3 Å². The molecule has 0 saturated heterocycles. The second-order valence-corrected chi connectivity index (χ2v) is 5.59. The van der Waals surface area contributed by atoms with E-state index in [0.717, 1.165) is 0 Å². The SMILES string of the molecule is COc1ccc(OC(=O)Oc2ccc(OC(=O)Oc3ccc(OC)cc3)nc2)cc1. The Bertz CT molecular complexity index is 903. The highest BCUT2D eigenvalue weighted by Crippen LogP contribution is 2.20. The summed E-state index contributed by atoms with van der Waals surface area (Å²) in [6, 6.07) is 15.5.